The van der Waals surface area contributed by atoms with Crippen molar-refractivity contribution in [1.29, 1.82) is 5.26 Å². The number of carbonyl (C=O) groups excluding carboxylic acids is 1. The van der Waals surface area contributed by atoms with E-state index in [0.717, 1.165) is 16.7 Å². The molecular formula is C14H16N2O3S. The Kier molecular flexibility index (Phi) is 6.07. The molecule has 0 atom stereocenters. The highest BCUT2D eigenvalue weighted by Crippen LogP contribution is 2.23. The minimum Gasteiger partial charge on any atom is -0.481 e. The molecule has 5 nitrogen and oxygen atoms in total. The SMILES string of the molecule is CC(C)C(=O)N(CCC(=O)O)c1ccc(SC#N)cc1. The van der Waals surface area contributed by atoms with Crippen molar-refractivity contribution in [2.75, 3.05) is 11.4 Å². The Morgan fingerprint density at radius 2 is 1.95 bits per heavy atom. The number of nitrogens with zero attached hydrogens (tertiary/aromatic N) is 2. The van der Waals surface area contributed by atoms with E-state index < -0.39 is 5.97 Å². The first-order chi connectivity index (χ1) is 9.45. The van der Waals surface area contributed by atoms with Crippen molar-refractivity contribution in [3.63, 3.8) is 0 Å². The van der Waals surface area contributed by atoms with Crippen molar-refractivity contribution in [3.8, 4) is 5.40 Å². The van der Waals surface area contributed by atoms with Crippen molar-refractivity contribution in [3.05, 3.63) is 24.3 Å². The number of amides is 1. The van der Waals surface area contributed by atoms with E-state index in [1.807, 2.05) is 5.40 Å². The number of carbonyl (C=O) groups is 2. The molecule has 20 heavy (non-hydrogen) atoms. The highest BCUT2D eigenvalue weighted by molar-refractivity contribution is 8.03. The molecule has 0 fully saturated rings. The van der Waals surface area contributed by atoms with Gasteiger partial charge in [-0.15, -0.1) is 0 Å². The second kappa shape index (κ2) is 7.56. The molecule has 1 amide bonds. The lowest BCUT2D eigenvalue weighted by Crippen LogP contribution is -2.36. The maximum atomic E-state index is 12.1. The molecule has 6 heteroatoms. The van der Waals surface area contributed by atoms with Crippen LogP contribution in [0.4, 0.5) is 5.69 Å². The number of hydrogen-bond donors (Lipinski definition) is 1. The lowest BCUT2D eigenvalue weighted by molar-refractivity contribution is -0.136. The van der Waals surface area contributed by atoms with Crippen molar-refractivity contribution >= 4 is 29.3 Å². The van der Waals surface area contributed by atoms with Gasteiger partial charge in [-0.25, -0.2) is 0 Å². The monoisotopic (exact) mass is 292 g/mol. The third-order valence-electron chi connectivity index (χ3n) is 2.62. The van der Waals surface area contributed by atoms with Crippen LogP contribution in [0.1, 0.15) is 20.3 Å². The van der Waals surface area contributed by atoms with Gasteiger partial charge in [-0.05, 0) is 36.0 Å². The van der Waals surface area contributed by atoms with Gasteiger partial charge < -0.3 is 10.0 Å². The molecule has 1 N–H and O–H groups in total. The lowest BCUT2D eigenvalue weighted by Gasteiger charge is -2.24. The van der Waals surface area contributed by atoms with Crippen molar-refractivity contribution in [1.82, 2.24) is 0 Å². The minimum absolute atomic E-state index is 0.104. The van der Waals surface area contributed by atoms with Gasteiger partial charge in [0.2, 0.25) is 5.91 Å². The Labute approximate surface area is 122 Å². The molecule has 0 spiro atoms. The summed E-state index contributed by atoms with van der Waals surface area (Å²) in [5.74, 6) is -1.27. The summed E-state index contributed by atoms with van der Waals surface area (Å²) in [4.78, 5) is 25.1. The zero-order valence-corrected chi connectivity index (χ0v) is 12.2. The molecule has 0 aromatic heterocycles. The Morgan fingerprint density at radius 3 is 2.40 bits per heavy atom. The van der Waals surface area contributed by atoms with Crippen molar-refractivity contribution in [2.45, 2.75) is 25.2 Å². The van der Waals surface area contributed by atoms with Gasteiger partial charge in [0.1, 0.15) is 5.40 Å². The number of aliphatic carboxylic acids is 1. The van der Waals surface area contributed by atoms with E-state index in [4.69, 9.17) is 10.4 Å². The predicted octanol–water partition coefficient (Wildman–Crippen LogP) is 2.72. The molecular weight excluding hydrogens is 276 g/mol. The fourth-order valence-electron chi connectivity index (χ4n) is 1.63. The second-order valence-corrected chi connectivity index (χ2v) is 5.33. The normalized spacial score (nSPS) is 10.1. The maximum Gasteiger partial charge on any atom is 0.305 e. The Hall–Kier alpha value is -2.00. The molecule has 0 aliphatic heterocycles. The van der Waals surface area contributed by atoms with Crippen LogP contribution < -0.4 is 4.90 Å². The average molecular weight is 292 g/mol. The molecule has 1 aromatic carbocycles. The van der Waals surface area contributed by atoms with E-state index in [-0.39, 0.29) is 24.8 Å². The molecule has 0 aliphatic rings. The van der Waals surface area contributed by atoms with Gasteiger partial charge in [0.05, 0.1) is 6.42 Å². The van der Waals surface area contributed by atoms with Gasteiger partial charge in [0.15, 0.2) is 0 Å². The van der Waals surface area contributed by atoms with E-state index in [0.29, 0.717) is 5.69 Å². The summed E-state index contributed by atoms with van der Waals surface area (Å²) >= 11 is 1.04. The van der Waals surface area contributed by atoms with Gasteiger partial charge >= 0.3 is 5.97 Å². The summed E-state index contributed by atoms with van der Waals surface area (Å²) in [5.41, 5.74) is 0.646. The van der Waals surface area contributed by atoms with Crippen LogP contribution in [-0.2, 0) is 9.59 Å². The first kappa shape index (κ1) is 16.1. The first-order valence-electron chi connectivity index (χ1n) is 6.15. The standard InChI is InChI=1S/C14H16N2O3S/c1-10(2)14(19)16(8-7-13(17)18)11-3-5-12(6-4-11)20-9-15/h3-6,10H,7-8H2,1-2H3,(H,17,18). The highest BCUT2D eigenvalue weighted by Gasteiger charge is 2.19. The van der Waals surface area contributed by atoms with E-state index in [2.05, 4.69) is 0 Å². The molecule has 106 valence electrons. The Balaban J connectivity index is 2.94. The highest BCUT2D eigenvalue weighted by atomic mass is 32.2. The molecule has 0 unspecified atom stereocenters. The summed E-state index contributed by atoms with van der Waals surface area (Å²) < 4.78 is 0. The number of thiocyanates is 1. The lowest BCUT2D eigenvalue weighted by atomic mass is 10.1. The van der Waals surface area contributed by atoms with E-state index in [1.165, 1.54) is 4.90 Å². The number of carboxylic acid groups (broad SMARTS) is 1. The summed E-state index contributed by atoms with van der Waals surface area (Å²) in [6.45, 7) is 3.68. The van der Waals surface area contributed by atoms with Crippen molar-refractivity contribution in [2.24, 2.45) is 5.92 Å². The van der Waals surface area contributed by atoms with Gasteiger partial charge in [-0.1, -0.05) is 13.8 Å². The molecule has 1 aromatic rings. The number of hydrogen-bond acceptors (Lipinski definition) is 4. The number of nitriles is 1. The van der Waals surface area contributed by atoms with Crippen LogP contribution in [0.15, 0.2) is 29.2 Å². The molecule has 0 bridgehead atoms. The minimum atomic E-state index is -0.941. The Bertz CT molecular complexity index is 520. The van der Waals surface area contributed by atoms with Crippen LogP contribution in [0.25, 0.3) is 0 Å². The topological polar surface area (TPSA) is 81.4 Å². The smallest absolute Gasteiger partial charge is 0.305 e. The number of thioether (sulfide) groups is 1. The number of carboxylic acids is 1. The zero-order chi connectivity index (χ0) is 15.1. The van der Waals surface area contributed by atoms with Crippen LogP contribution >= 0.6 is 11.8 Å². The molecule has 0 radical (unpaired) electrons. The Morgan fingerprint density at radius 1 is 1.35 bits per heavy atom. The quantitative estimate of drug-likeness (QED) is 0.644. The first-order valence-corrected chi connectivity index (χ1v) is 6.96. The number of rotatable bonds is 6. The molecule has 0 saturated carbocycles. The van der Waals surface area contributed by atoms with E-state index >= 15 is 0 Å². The second-order valence-electron chi connectivity index (χ2n) is 4.48. The fourth-order valence-corrected chi connectivity index (χ4v) is 2.01. The molecule has 0 aliphatic carbocycles. The predicted molar refractivity (Wildman–Crippen MR) is 77.4 cm³/mol. The van der Waals surface area contributed by atoms with Crippen LogP contribution in [-0.4, -0.2) is 23.5 Å². The number of benzene rings is 1. The largest absolute Gasteiger partial charge is 0.481 e. The van der Waals surface area contributed by atoms with Gasteiger partial charge in [0.25, 0.3) is 0 Å². The summed E-state index contributed by atoms with van der Waals surface area (Å²) in [6, 6.07) is 6.93. The van der Waals surface area contributed by atoms with Crippen LogP contribution in [0.2, 0.25) is 0 Å². The van der Waals surface area contributed by atoms with Gasteiger partial charge in [0, 0.05) is 23.0 Å². The van der Waals surface area contributed by atoms with E-state index in [9.17, 15) is 9.59 Å². The maximum absolute atomic E-state index is 12.1. The number of anilines is 1. The average Bonchev–Trinajstić information content (AvgIpc) is 2.40. The zero-order valence-electron chi connectivity index (χ0n) is 11.4. The molecule has 0 heterocycles. The van der Waals surface area contributed by atoms with E-state index in [1.54, 1.807) is 38.1 Å². The third kappa shape index (κ3) is 4.59. The summed E-state index contributed by atoms with van der Waals surface area (Å²) in [7, 11) is 0. The fraction of sp³-hybridized carbons (Fsp3) is 0.357. The van der Waals surface area contributed by atoms with Gasteiger partial charge in [-0.2, -0.15) is 5.26 Å². The molecule has 1 rings (SSSR count). The third-order valence-corrected chi connectivity index (χ3v) is 3.22. The molecule has 0 saturated heterocycles. The summed E-state index contributed by atoms with van der Waals surface area (Å²) in [5, 5.41) is 19.3. The van der Waals surface area contributed by atoms with Crippen LogP contribution in [0.5, 0.6) is 0 Å². The van der Waals surface area contributed by atoms with Crippen LogP contribution in [0, 0.1) is 16.6 Å². The van der Waals surface area contributed by atoms with Crippen molar-refractivity contribution < 1.29 is 14.7 Å². The summed E-state index contributed by atoms with van der Waals surface area (Å²) in [6.07, 6.45) is -0.104. The van der Waals surface area contributed by atoms with Gasteiger partial charge in [-0.3, -0.25) is 9.59 Å². The van der Waals surface area contributed by atoms with Crippen LogP contribution in [0.3, 0.4) is 0 Å².